The summed E-state index contributed by atoms with van der Waals surface area (Å²) in [7, 11) is 0. The summed E-state index contributed by atoms with van der Waals surface area (Å²) >= 11 is 0. The number of rotatable bonds is 5. The molecule has 4 N–H and O–H groups in total. The van der Waals surface area contributed by atoms with Gasteiger partial charge in [-0.15, -0.1) is 0 Å². The predicted octanol–water partition coefficient (Wildman–Crippen LogP) is 3.32. The Labute approximate surface area is 213 Å². The van der Waals surface area contributed by atoms with Crippen molar-refractivity contribution >= 4 is 46.9 Å². The number of nitrogens with one attached hydrogen (secondary N) is 3. The number of fused-ring (bicyclic) bond motifs is 2. The van der Waals surface area contributed by atoms with Gasteiger partial charge in [-0.05, 0) is 37.5 Å². The Morgan fingerprint density at radius 3 is 2.16 bits per heavy atom. The summed E-state index contributed by atoms with van der Waals surface area (Å²) in [5.74, 6) is -6.04. The third kappa shape index (κ3) is 4.61. The smallest absolute Gasteiger partial charge is 0.471 e. The van der Waals surface area contributed by atoms with Crippen LogP contribution >= 0.6 is 0 Å². The zero-order valence-electron chi connectivity index (χ0n) is 20.5. The van der Waals surface area contributed by atoms with Crippen LogP contribution in [0.1, 0.15) is 50.4 Å². The highest BCUT2D eigenvalue weighted by molar-refractivity contribution is 6.20. The first kappa shape index (κ1) is 26.8. The zero-order chi connectivity index (χ0) is 28.3. The van der Waals surface area contributed by atoms with E-state index in [1.54, 1.807) is 26.1 Å². The lowest BCUT2D eigenvalue weighted by Gasteiger charge is -2.55. The van der Waals surface area contributed by atoms with E-state index in [2.05, 4.69) is 15.5 Å². The van der Waals surface area contributed by atoms with Crippen molar-refractivity contribution in [3.05, 3.63) is 35.9 Å². The summed E-state index contributed by atoms with van der Waals surface area (Å²) in [5, 5.41) is 19.4. The van der Waals surface area contributed by atoms with Crippen molar-refractivity contribution in [3.63, 3.8) is 0 Å². The number of aromatic amines is 1. The number of H-pyrrole nitrogens is 1. The molecule has 1 aromatic heterocycles. The molecule has 11 nitrogen and oxygen atoms in total. The van der Waals surface area contributed by atoms with Crippen LogP contribution in [0.5, 0.6) is 0 Å². The van der Waals surface area contributed by atoms with Crippen molar-refractivity contribution < 1.29 is 42.3 Å². The fraction of sp³-hybridized carbons (Fsp3) is 0.417. The number of imide groups is 1. The number of amides is 4. The summed E-state index contributed by atoms with van der Waals surface area (Å²) in [5.41, 5.74) is -3.42. The van der Waals surface area contributed by atoms with Gasteiger partial charge in [0.25, 0.3) is 0 Å². The quantitative estimate of drug-likeness (QED) is 0.427. The monoisotopic (exact) mass is 535 g/mol. The van der Waals surface area contributed by atoms with Crippen LogP contribution in [0.15, 0.2) is 30.3 Å². The van der Waals surface area contributed by atoms with Crippen LogP contribution in [0.2, 0.25) is 0 Å². The molecule has 1 unspecified atom stereocenters. The van der Waals surface area contributed by atoms with Crippen molar-refractivity contribution in [2.45, 2.75) is 46.2 Å². The molecule has 2 heterocycles. The molecule has 1 saturated heterocycles. The van der Waals surface area contributed by atoms with E-state index in [1.807, 2.05) is 0 Å². The van der Waals surface area contributed by atoms with Gasteiger partial charge in [0.05, 0.1) is 5.56 Å². The number of carbonyl (C=O) groups is 5. The van der Waals surface area contributed by atoms with Gasteiger partial charge in [-0.3, -0.25) is 24.3 Å². The van der Waals surface area contributed by atoms with Gasteiger partial charge in [-0.25, -0.2) is 9.69 Å². The minimum Gasteiger partial charge on any atom is -0.478 e. The van der Waals surface area contributed by atoms with E-state index in [-0.39, 0.29) is 36.3 Å². The molecule has 0 radical (unpaired) electrons. The molecule has 1 aromatic carbocycles. The van der Waals surface area contributed by atoms with Gasteiger partial charge in [0.15, 0.2) is 5.82 Å². The van der Waals surface area contributed by atoms with Crippen LogP contribution in [0.25, 0.3) is 0 Å². The lowest BCUT2D eigenvalue weighted by Crippen LogP contribution is -2.65. The van der Waals surface area contributed by atoms with E-state index in [4.69, 9.17) is 0 Å². The number of aromatic carboxylic acids is 1. The number of nitrogens with zero attached hydrogens (tertiary/aromatic N) is 2. The van der Waals surface area contributed by atoms with Crippen LogP contribution in [0.3, 0.4) is 0 Å². The van der Waals surface area contributed by atoms with Crippen LogP contribution < -0.4 is 15.5 Å². The largest absolute Gasteiger partial charge is 0.478 e. The zero-order valence-corrected chi connectivity index (χ0v) is 20.5. The van der Waals surface area contributed by atoms with E-state index in [9.17, 15) is 42.3 Å². The molecule has 1 saturated carbocycles. The molecule has 2 aliphatic rings. The second-order valence-corrected chi connectivity index (χ2v) is 10.6. The van der Waals surface area contributed by atoms with E-state index < -0.39 is 57.8 Å². The molecule has 202 valence electrons. The minimum absolute atomic E-state index is 0.0295. The number of hydrogen-bond acceptors (Lipinski definition) is 6. The van der Waals surface area contributed by atoms with Crippen LogP contribution in [-0.4, -0.2) is 51.1 Å². The molecule has 2 bridgehead atoms. The highest BCUT2D eigenvalue weighted by Crippen LogP contribution is 2.59. The molecule has 3 atom stereocenters. The third-order valence-electron chi connectivity index (χ3n) is 6.99. The van der Waals surface area contributed by atoms with Crippen molar-refractivity contribution in [2.75, 3.05) is 15.5 Å². The van der Waals surface area contributed by atoms with Crippen molar-refractivity contribution in [1.82, 2.24) is 10.2 Å². The molecular weight excluding hydrogens is 511 g/mol. The standard InChI is InChI=1S/C24H24F3N5O6/c1-21(17(35)28-13-6-4-5-12(7-13)16(33)34)9-22(2)11-23(3,10-21)20(38)32(19(22)37)15-8-14(30-31-15)29-18(36)24(25,26)27/h4-8H,9-11H2,1-3H3,(H,28,35)(H,33,34)(H2,29,30,31,36)/t21?,22-,23+. The molecule has 0 spiro atoms. The lowest BCUT2D eigenvalue weighted by molar-refractivity contribution is -0.167. The van der Waals surface area contributed by atoms with E-state index in [0.29, 0.717) is 0 Å². The average Bonchev–Trinajstić information content (AvgIpc) is 3.25. The van der Waals surface area contributed by atoms with Crippen molar-refractivity contribution in [1.29, 1.82) is 0 Å². The highest BCUT2D eigenvalue weighted by atomic mass is 19.4. The maximum absolute atomic E-state index is 13.6. The first-order valence-corrected chi connectivity index (χ1v) is 11.4. The fourth-order valence-corrected chi connectivity index (χ4v) is 5.77. The van der Waals surface area contributed by atoms with Crippen LogP contribution in [-0.2, 0) is 19.2 Å². The van der Waals surface area contributed by atoms with Gasteiger partial charge >= 0.3 is 18.1 Å². The molecule has 4 amide bonds. The maximum Gasteiger partial charge on any atom is 0.471 e. The van der Waals surface area contributed by atoms with Gasteiger partial charge in [0.1, 0.15) is 5.82 Å². The molecule has 2 aromatic rings. The van der Waals surface area contributed by atoms with E-state index in [0.717, 1.165) is 11.0 Å². The molecular formula is C24H24F3N5O6. The summed E-state index contributed by atoms with van der Waals surface area (Å²) in [6.07, 6.45) is -4.96. The number of halogens is 3. The fourth-order valence-electron chi connectivity index (χ4n) is 5.77. The summed E-state index contributed by atoms with van der Waals surface area (Å²) in [6, 6.07) is 6.61. The van der Waals surface area contributed by atoms with Crippen molar-refractivity contribution in [3.8, 4) is 0 Å². The molecule has 1 aliphatic heterocycles. The number of benzene rings is 1. The normalized spacial score (nSPS) is 27.2. The Kier molecular flexibility index (Phi) is 6.12. The second kappa shape index (κ2) is 8.67. The Balaban J connectivity index is 1.60. The number of piperidine rings is 1. The average molecular weight is 535 g/mol. The van der Waals surface area contributed by atoms with E-state index in [1.165, 1.54) is 24.3 Å². The Morgan fingerprint density at radius 2 is 1.61 bits per heavy atom. The van der Waals surface area contributed by atoms with Gasteiger partial charge in [-0.2, -0.15) is 18.3 Å². The second-order valence-electron chi connectivity index (χ2n) is 10.6. The molecule has 14 heteroatoms. The molecule has 38 heavy (non-hydrogen) atoms. The first-order chi connectivity index (χ1) is 17.5. The number of aromatic nitrogens is 2. The maximum atomic E-state index is 13.6. The summed E-state index contributed by atoms with van der Waals surface area (Å²) < 4.78 is 37.8. The van der Waals surface area contributed by atoms with Gasteiger partial charge in [-0.1, -0.05) is 26.8 Å². The van der Waals surface area contributed by atoms with Gasteiger partial charge < -0.3 is 15.7 Å². The minimum atomic E-state index is -5.15. The lowest BCUT2D eigenvalue weighted by atomic mass is 9.51. The molecule has 4 rings (SSSR count). The Hall–Kier alpha value is -4.23. The summed E-state index contributed by atoms with van der Waals surface area (Å²) in [4.78, 5) is 63.8. The third-order valence-corrected chi connectivity index (χ3v) is 6.99. The number of carboxylic acids is 1. The van der Waals surface area contributed by atoms with Gasteiger partial charge in [0.2, 0.25) is 17.7 Å². The first-order valence-electron chi connectivity index (χ1n) is 11.4. The summed E-state index contributed by atoms with van der Waals surface area (Å²) in [6.45, 7) is 4.82. The van der Waals surface area contributed by atoms with E-state index >= 15 is 0 Å². The highest BCUT2D eigenvalue weighted by Gasteiger charge is 2.63. The number of anilines is 3. The molecule has 2 fully saturated rings. The van der Waals surface area contributed by atoms with Crippen LogP contribution in [0, 0.1) is 16.2 Å². The SMILES string of the molecule is CC1(C(=O)Nc2cccc(C(=O)O)c2)C[C@@]2(C)C[C@@](C)(C1)C(=O)N(c1cc(NC(=O)C(F)(F)F)[nH]n1)C2=O. The van der Waals surface area contributed by atoms with Gasteiger partial charge in [0, 0.05) is 28.0 Å². The number of carboxylic acid groups (broad SMARTS) is 1. The number of carbonyl (C=O) groups excluding carboxylic acids is 4. The van der Waals surface area contributed by atoms with Crippen LogP contribution in [0.4, 0.5) is 30.5 Å². The number of hydrogen-bond donors (Lipinski definition) is 4. The molecule has 1 aliphatic carbocycles. The Morgan fingerprint density at radius 1 is 1.00 bits per heavy atom. The number of alkyl halides is 3. The predicted molar refractivity (Wildman–Crippen MR) is 126 cm³/mol. The van der Waals surface area contributed by atoms with Crippen molar-refractivity contribution in [2.24, 2.45) is 16.2 Å². The topological polar surface area (TPSA) is 162 Å². The Bertz CT molecular complexity index is 1340.